The number of hydrogen-bond donors (Lipinski definition) is 1. The summed E-state index contributed by atoms with van der Waals surface area (Å²) in [6.07, 6.45) is 8.05. The number of rotatable bonds is 4. The number of nitrogens with zero attached hydrogens (tertiary/aromatic N) is 2. The van der Waals surface area contributed by atoms with Gasteiger partial charge in [-0.2, -0.15) is 0 Å². The lowest BCUT2D eigenvalue weighted by atomic mass is 9.99. The molecule has 1 atom stereocenters. The molecule has 2 heterocycles. The smallest absolute Gasteiger partial charge is 0.0351 e. The van der Waals surface area contributed by atoms with Gasteiger partial charge < -0.3 is 5.73 Å². The van der Waals surface area contributed by atoms with Crippen molar-refractivity contribution in [3.05, 3.63) is 84.4 Å². The fraction of sp³-hybridized carbons (Fsp3) is 0.111. The molecule has 0 bridgehead atoms. The van der Waals surface area contributed by atoms with Crippen LogP contribution in [0.15, 0.2) is 73.3 Å². The Bertz CT molecular complexity index is 679. The van der Waals surface area contributed by atoms with Gasteiger partial charge in [0.25, 0.3) is 0 Å². The number of aromatic nitrogens is 2. The Balaban J connectivity index is 1.73. The normalized spacial score (nSPS) is 12.0. The van der Waals surface area contributed by atoms with E-state index >= 15 is 0 Å². The molecule has 2 aromatic heterocycles. The Morgan fingerprint density at radius 3 is 2.14 bits per heavy atom. The maximum absolute atomic E-state index is 6.23. The van der Waals surface area contributed by atoms with Crippen LogP contribution < -0.4 is 5.73 Å². The van der Waals surface area contributed by atoms with E-state index in [9.17, 15) is 0 Å². The molecule has 0 saturated carbocycles. The first-order valence-electron chi connectivity index (χ1n) is 6.98. The summed E-state index contributed by atoms with van der Waals surface area (Å²) >= 11 is 0. The van der Waals surface area contributed by atoms with Crippen LogP contribution in [0.3, 0.4) is 0 Å². The van der Waals surface area contributed by atoms with Gasteiger partial charge >= 0.3 is 0 Å². The fourth-order valence-electron chi connectivity index (χ4n) is 2.33. The van der Waals surface area contributed by atoms with Gasteiger partial charge in [-0.1, -0.05) is 36.4 Å². The highest BCUT2D eigenvalue weighted by Gasteiger charge is 2.07. The summed E-state index contributed by atoms with van der Waals surface area (Å²) < 4.78 is 0. The molecular weight excluding hydrogens is 258 g/mol. The zero-order chi connectivity index (χ0) is 14.5. The van der Waals surface area contributed by atoms with Crippen LogP contribution >= 0.6 is 0 Å². The average Bonchev–Trinajstić information content (AvgIpc) is 2.57. The van der Waals surface area contributed by atoms with Gasteiger partial charge in [-0.15, -0.1) is 0 Å². The first-order valence-corrected chi connectivity index (χ1v) is 6.98. The van der Waals surface area contributed by atoms with Crippen molar-refractivity contribution in [2.24, 2.45) is 5.73 Å². The summed E-state index contributed by atoms with van der Waals surface area (Å²) in [4.78, 5) is 8.26. The monoisotopic (exact) mass is 275 g/mol. The van der Waals surface area contributed by atoms with E-state index in [2.05, 4.69) is 40.3 Å². The maximum Gasteiger partial charge on any atom is 0.0351 e. The van der Waals surface area contributed by atoms with Crippen LogP contribution in [0.5, 0.6) is 0 Å². The van der Waals surface area contributed by atoms with E-state index < -0.39 is 0 Å². The van der Waals surface area contributed by atoms with Crippen LogP contribution in [0.2, 0.25) is 0 Å². The zero-order valence-corrected chi connectivity index (χ0v) is 11.7. The van der Waals surface area contributed by atoms with Crippen molar-refractivity contribution in [1.82, 2.24) is 9.97 Å². The van der Waals surface area contributed by atoms with E-state index in [4.69, 9.17) is 5.73 Å². The summed E-state index contributed by atoms with van der Waals surface area (Å²) in [5.41, 5.74) is 10.8. The third-order valence-corrected chi connectivity index (χ3v) is 3.52. The lowest BCUT2D eigenvalue weighted by molar-refractivity contribution is 0.718. The second kappa shape index (κ2) is 6.29. The van der Waals surface area contributed by atoms with Gasteiger partial charge in [0.05, 0.1) is 0 Å². The van der Waals surface area contributed by atoms with Gasteiger partial charge in [-0.05, 0) is 40.8 Å². The van der Waals surface area contributed by atoms with Crippen molar-refractivity contribution in [2.75, 3.05) is 0 Å². The Hall–Kier alpha value is -2.52. The molecule has 21 heavy (non-hydrogen) atoms. The average molecular weight is 275 g/mol. The summed E-state index contributed by atoms with van der Waals surface area (Å²) in [5.74, 6) is 0. The predicted octanol–water partition coefficient (Wildman–Crippen LogP) is 3.39. The molecule has 0 saturated heterocycles. The van der Waals surface area contributed by atoms with Gasteiger partial charge in [0.1, 0.15) is 0 Å². The van der Waals surface area contributed by atoms with E-state index in [0.29, 0.717) is 0 Å². The molecule has 0 aliphatic carbocycles. The van der Waals surface area contributed by atoms with Crippen molar-refractivity contribution in [2.45, 2.75) is 12.5 Å². The van der Waals surface area contributed by atoms with E-state index in [0.717, 1.165) is 17.5 Å². The molecule has 0 aliphatic heterocycles. The molecule has 0 aliphatic rings. The molecule has 3 rings (SSSR count). The van der Waals surface area contributed by atoms with Gasteiger partial charge in [-0.3, -0.25) is 9.97 Å². The number of hydrogen-bond acceptors (Lipinski definition) is 3. The van der Waals surface area contributed by atoms with Gasteiger partial charge in [0.15, 0.2) is 0 Å². The van der Waals surface area contributed by atoms with Crippen LogP contribution in [-0.4, -0.2) is 9.97 Å². The fourth-order valence-corrected chi connectivity index (χ4v) is 2.33. The van der Waals surface area contributed by atoms with Gasteiger partial charge in [0.2, 0.25) is 0 Å². The second-order valence-electron chi connectivity index (χ2n) is 5.04. The summed E-state index contributed by atoms with van der Waals surface area (Å²) in [6, 6.07) is 16.4. The highest BCUT2D eigenvalue weighted by Crippen LogP contribution is 2.21. The van der Waals surface area contributed by atoms with Crippen LogP contribution in [-0.2, 0) is 6.42 Å². The molecule has 3 nitrogen and oxygen atoms in total. The van der Waals surface area contributed by atoms with Crippen molar-refractivity contribution in [3.63, 3.8) is 0 Å². The molecule has 0 spiro atoms. The minimum Gasteiger partial charge on any atom is -0.324 e. The SMILES string of the molecule is NC(Cc1ccc(-c2cccnc2)cc1)c1cccnc1. The third-order valence-electron chi connectivity index (χ3n) is 3.52. The second-order valence-corrected chi connectivity index (χ2v) is 5.04. The quantitative estimate of drug-likeness (QED) is 0.794. The molecule has 3 heteroatoms. The van der Waals surface area contributed by atoms with Gasteiger partial charge in [-0.25, -0.2) is 0 Å². The Labute approximate surface area is 124 Å². The molecule has 1 aromatic carbocycles. The van der Waals surface area contributed by atoms with E-state index in [1.165, 1.54) is 11.1 Å². The summed E-state index contributed by atoms with van der Waals surface area (Å²) in [7, 11) is 0. The molecular formula is C18H17N3. The first kappa shape index (κ1) is 13.5. The van der Waals surface area contributed by atoms with Crippen LogP contribution in [0.25, 0.3) is 11.1 Å². The molecule has 3 aromatic rings. The van der Waals surface area contributed by atoms with E-state index in [1.54, 1.807) is 12.4 Å². The van der Waals surface area contributed by atoms with Crippen molar-refractivity contribution in [3.8, 4) is 11.1 Å². The van der Waals surface area contributed by atoms with Crippen LogP contribution in [0, 0.1) is 0 Å². The van der Waals surface area contributed by atoms with E-state index in [-0.39, 0.29) is 6.04 Å². The lowest BCUT2D eigenvalue weighted by Gasteiger charge is -2.12. The van der Waals surface area contributed by atoms with Gasteiger partial charge in [0, 0.05) is 30.8 Å². The van der Waals surface area contributed by atoms with Crippen LogP contribution in [0.1, 0.15) is 17.2 Å². The molecule has 2 N–H and O–H groups in total. The topological polar surface area (TPSA) is 51.8 Å². The minimum absolute atomic E-state index is 0.0251. The highest BCUT2D eigenvalue weighted by atomic mass is 14.7. The third kappa shape index (κ3) is 3.33. The number of nitrogens with two attached hydrogens (primary N) is 1. The molecule has 0 fully saturated rings. The molecule has 1 unspecified atom stereocenters. The summed E-state index contributed by atoms with van der Waals surface area (Å²) in [5, 5.41) is 0. The summed E-state index contributed by atoms with van der Waals surface area (Å²) in [6.45, 7) is 0. The highest BCUT2D eigenvalue weighted by molar-refractivity contribution is 5.62. The standard InChI is InChI=1S/C18H17N3/c19-18(17-4-2-10-21-13-17)11-14-5-7-15(8-6-14)16-3-1-9-20-12-16/h1-10,12-13,18H,11,19H2. The van der Waals surface area contributed by atoms with Crippen molar-refractivity contribution in [1.29, 1.82) is 0 Å². The largest absolute Gasteiger partial charge is 0.324 e. The van der Waals surface area contributed by atoms with Crippen molar-refractivity contribution >= 4 is 0 Å². The lowest BCUT2D eigenvalue weighted by Crippen LogP contribution is -2.13. The molecule has 0 amide bonds. The Morgan fingerprint density at radius 2 is 1.52 bits per heavy atom. The maximum atomic E-state index is 6.23. The number of benzene rings is 1. The predicted molar refractivity (Wildman–Crippen MR) is 84.5 cm³/mol. The first-order chi connectivity index (χ1) is 10.3. The zero-order valence-electron chi connectivity index (χ0n) is 11.7. The Morgan fingerprint density at radius 1 is 0.810 bits per heavy atom. The molecule has 104 valence electrons. The number of pyridine rings is 2. The van der Waals surface area contributed by atoms with E-state index in [1.807, 2.05) is 30.6 Å². The molecule has 0 radical (unpaired) electrons. The minimum atomic E-state index is -0.0251. The van der Waals surface area contributed by atoms with Crippen LogP contribution in [0.4, 0.5) is 0 Å². The van der Waals surface area contributed by atoms with Crippen molar-refractivity contribution < 1.29 is 0 Å². The Kier molecular flexibility index (Phi) is 4.03.